The standard InChI is InChI=1S/C13H15F3N4O/c1-3-9(2)20-5-4-11(18-20)8-19-7-10(6-17-19)12(21)13(14,15)16/h4-7,9H,3,8H2,1-2H3. The Kier molecular flexibility index (Phi) is 4.15. The van der Waals surface area contributed by atoms with E-state index in [1.165, 1.54) is 4.68 Å². The quantitative estimate of drug-likeness (QED) is 0.798. The predicted molar refractivity (Wildman–Crippen MR) is 68.9 cm³/mol. The molecule has 0 saturated carbocycles. The van der Waals surface area contributed by atoms with E-state index < -0.39 is 17.5 Å². The Bertz CT molecular complexity index is 629. The van der Waals surface area contributed by atoms with Crippen molar-refractivity contribution in [3.63, 3.8) is 0 Å². The smallest absolute Gasteiger partial charge is 0.284 e. The molecule has 0 bridgehead atoms. The van der Waals surface area contributed by atoms with Crippen molar-refractivity contribution in [1.29, 1.82) is 0 Å². The molecule has 114 valence electrons. The van der Waals surface area contributed by atoms with E-state index in [0.717, 1.165) is 18.8 Å². The van der Waals surface area contributed by atoms with Gasteiger partial charge in [0.15, 0.2) is 0 Å². The molecule has 8 heteroatoms. The van der Waals surface area contributed by atoms with Crippen molar-refractivity contribution in [3.8, 4) is 0 Å². The zero-order chi connectivity index (χ0) is 15.6. The molecular formula is C13H15F3N4O. The molecule has 0 amide bonds. The van der Waals surface area contributed by atoms with Gasteiger partial charge in [-0.25, -0.2) is 0 Å². The van der Waals surface area contributed by atoms with Crippen LogP contribution in [0.4, 0.5) is 13.2 Å². The number of aromatic nitrogens is 4. The molecular weight excluding hydrogens is 285 g/mol. The molecule has 21 heavy (non-hydrogen) atoms. The second-order valence-electron chi connectivity index (χ2n) is 4.80. The first-order chi connectivity index (χ1) is 9.81. The number of rotatable bonds is 5. The monoisotopic (exact) mass is 300 g/mol. The minimum atomic E-state index is -4.88. The maximum Gasteiger partial charge on any atom is 0.454 e. The van der Waals surface area contributed by atoms with Crippen molar-refractivity contribution in [3.05, 3.63) is 35.9 Å². The molecule has 2 heterocycles. The molecule has 1 atom stereocenters. The molecule has 0 radical (unpaired) electrons. The second kappa shape index (κ2) is 5.71. The summed E-state index contributed by atoms with van der Waals surface area (Å²) in [7, 11) is 0. The topological polar surface area (TPSA) is 52.7 Å². The predicted octanol–water partition coefficient (Wildman–Crippen LogP) is 2.84. The zero-order valence-corrected chi connectivity index (χ0v) is 11.6. The van der Waals surface area contributed by atoms with Gasteiger partial charge in [-0.2, -0.15) is 23.4 Å². The number of hydrogen-bond acceptors (Lipinski definition) is 3. The fourth-order valence-corrected chi connectivity index (χ4v) is 1.79. The SMILES string of the molecule is CCC(C)n1ccc(Cn2cc(C(=O)C(F)(F)F)cn2)n1. The molecule has 0 spiro atoms. The molecule has 0 aromatic carbocycles. The van der Waals surface area contributed by atoms with Gasteiger partial charge in [0.25, 0.3) is 5.78 Å². The van der Waals surface area contributed by atoms with E-state index in [2.05, 4.69) is 10.2 Å². The van der Waals surface area contributed by atoms with Crippen molar-refractivity contribution in [1.82, 2.24) is 19.6 Å². The summed E-state index contributed by atoms with van der Waals surface area (Å²) in [6.07, 6.45) is -0.145. The largest absolute Gasteiger partial charge is 0.454 e. The number of hydrogen-bond donors (Lipinski definition) is 0. The Morgan fingerprint density at radius 3 is 2.76 bits per heavy atom. The molecule has 1 unspecified atom stereocenters. The van der Waals surface area contributed by atoms with Crippen LogP contribution in [0.15, 0.2) is 24.7 Å². The Morgan fingerprint density at radius 2 is 2.14 bits per heavy atom. The Labute approximate surface area is 119 Å². The lowest BCUT2D eigenvalue weighted by Gasteiger charge is -2.08. The van der Waals surface area contributed by atoms with Gasteiger partial charge in [-0.15, -0.1) is 0 Å². The van der Waals surface area contributed by atoms with Crippen LogP contribution in [-0.4, -0.2) is 31.5 Å². The number of carbonyl (C=O) groups is 1. The maximum absolute atomic E-state index is 12.3. The second-order valence-corrected chi connectivity index (χ2v) is 4.80. The first-order valence-corrected chi connectivity index (χ1v) is 6.49. The lowest BCUT2D eigenvalue weighted by molar-refractivity contribution is -0.0885. The molecule has 0 fully saturated rings. The summed E-state index contributed by atoms with van der Waals surface area (Å²) in [4.78, 5) is 11.1. The summed E-state index contributed by atoms with van der Waals surface area (Å²) in [5.41, 5.74) is 0.202. The van der Waals surface area contributed by atoms with E-state index in [1.807, 2.05) is 20.0 Å². The first-order valence-electron chi connectivity index (χ1n) is 6.49. The normalized spacial score (nSPS) is 13.4. The number of Topliss-reactive ketones (excluding diaryl/α,β-unsaturated/α-hetero) is 1. The number of alkyl halides is 3. The lowest BCUT2D eigenvalue weighted by atomic mass is 10.2. The average Bonchev–Trinajstić information content (AvgIpc) is 3.06. The van der Waals surface area contributed by atoms with Crippen molar-refractivity contribution in [2.24, 2.45) is 0 Å². The Morgan fingerprint density at radius 1 is 1.43 bits per heavy atom. The molecule has 0 aliphatic heterocycles. The van der Waals surface area contributed by atoms with Crippen LogP contribution in [0.2, 0.25) is 0 Å². The molecule has 0 N–H and O–H groups in total. The molecule has 5 nitrogen and oxygen atoms in total. The van der Waals surface area contributed by atoms with Crippen molar-refractivity contribution in [2.75, 3.05) is 0 Å². The van der Waals surface area contributed by atoms with Crippen molar-refractivity contribution < 1.29 is 18.0 Å². The van der Waals surface area contributed by atoms with Gasteiger partial charge in [-0.3, -0.25) is 14.2 Å². The van der Waals surface area contributed by atoms with Crippen molar-refractivity contribution >= 4 is 5.78 Å². The summed E-state index contributed by atoms with van der Waals surface area (Å²) in [5.74, 6) is -1.89. The minimum absolute atomic E-state index is 0.217. The molecule has 0 aliphatic carbocycles. The van der Waals surface area contributed by atoms with E-state index in [9.17, 15) is 18.0 Å². The van der Waals surface area contributed by atoms with Gasteiger partial charge in [0.1, 0.15) is 0 Å². The third-order valence-corrected chi connectivity index (χ3v) is 3.18. The van der Waals surface area contributed by atoms with Crippen LogP contribution >= 0.6 is 0 Å². The highest BCUT2D eigenvalue weighted by atomic mass is 19.4. The Hall–Kier alpha value is -2.12. The third kappa shape index (κ3) is 3.50. The summed E-state index contributed by atoms with van der Waals surface area (Å²) < 4.78 is 40.0. The van der Waals surface area contributed by atoms with Gasteiger partial charge in [0.2, 0.25) is 0 Å². The van der Waals surface area contributed by atoms with Crippen LogP contribution in [-0.2, 0) is 6.54 Å². The zero-order valence-electron chi connectivity index (χ0n) is 11.6. The number of carbonyl (C=O) groups excluding carboxylic acids is 1. The fraction of sp³-hybridized carbons (Fsp3) is 0.462. The summed E-state index contributed by atoms with van der Waals surface area (Å²) in [5, 5.41) is 8.09. The van der Waals surface area contributed by atoms with Crippen LogP contribution < -0.4 is 0 Å². The van der Waals surface area contributed by atoms with Crippen LogP contribution in [0.3, 0.4) is 0 Å². The van der Waals surface area contributed by atoms with Crippen LogP contribution in [0, 0.1) is 0 Å². The van der Waals surface area contributed by atoms with Crippen molar-refractivity contribution in [2.45, 2.75) is 39.0 Å². The van der Waals surface area contributed by atoms with Crippen LogP contribution in [0.25, 0.3) is 0 Å². The van der Waals surface area contributed by atoms with Crippen LogP contribution in [0.1, 0.15) is 42.4 Å². The summed E-state index contributed by atoms with van der Waals surface area (Å²) in [6.45, 7) is 4.27. The highest BCUT2D eigenvalue weighted by Crippen LogP contribution is 2.21. The van der Waals surface area contributed by atoms with Crippen LogP contribution in [0.5, 0.6) is 0 Å². The highest BCUT2D eigenvalue weighted by molar-refractivity contribution is 5.99. The summed E-state index contributed by atoms with van der Waals surface area (Å²) >= 11 is 0. The minimum Gasteiger partial charge on any atom is -0.284 e. The third-order valence-electron chi connectivity index (χ3n) is 3.18. The molecule has 2 rings (SSSR count). The fourth-order valence-electron chi connectivity index (χ4n) is 1.79. The van der Waals surface area contributed by atoms with Gasteiger partial charge >= 0.3 is 6.18 Å². The van der Waals surface area contributed by atoms with E-state index >= 15 is 0 Å². The van der Waals surface area contributed by atoms with E-state index in [-0.39, 0.29) is 12.6 Å². The van der Waals surface area contributed by atoms with E-state index in [1.54, 1.807) is 10.7 Å². The van der Waals surface area contributed by atoms with Gasteiger partial charge < -0.3 is 0 Å². The number of ketones is 1. The van der Waals surface area contributed by atoms with E-state index in [4.69, 9.17) is 0 Å². The van der Waals surface area contributed by atoms with Gasteiger partial charge in [-0.05, 0) is 19.4 Å². The maximum atomic E-state index is 12.3. The average molecular weight is 300 g/mol. The Balaban J connectivity index is 2.09. The van der Waals surface area contributed by atoms with Gasteiger partial charge in [-0.1, -0.05) is 6.92 Å². The number of halogens is 3. The van der Waals surface area contributed by atoms with E-state index in [0.29, 0.717) is 5.69 Å². The van der Waals surface area contributed by atoms with Gasteiger partial charge in [0, 0.05) is 18.4 Å². The molecule has 0 aliphatic rings. The summed E-state index contributed by atoms with van der Waals surface area (Å²) in [6, 6.07) is 2.03. The lowest BCUT2D eigenvalue weighted by Crippen LogP contribution is -2.22. The van der Waals surface area contributed by atoms with Gasteiger partial charge in [0.05, 0.1) is 24.0 Å². The molecule has 2 aromatic rings. The highest BCUT2D eigenvalue weighted by Gasteiger charge is 2.39. The number of nitrogens with zero attached hydrogens (tertiary/aromatic N) is 4. The first kappa shape index (κ1) is 15.3. The molecule has 0 saturated heterocycles. The molecule has 2 aromatic heterocycles.